The number of imidazole rings is 1. The van der Waals surface area contributed by atoms with Crippen molar-refractivity contribution in [2.24, 2.45) is 0 Å². The molecular weight excluding hydrogens is 222 g/mol. The molecule has 92 valence electrons. The van der Waals surface area contributed by atoms with Gasteiger partial charge in [-0.3, -0.25) is 0 Å². The lowest BCUT2D eigenvalue weighted by molar-refractivity contribution is 0.590. The van der Waals surface area contributed by atoms with Crippen molar-refractivity contribution in [3.8, 4) is 0 Å². The molecule has 0 saturated carbocycles. The van der Waals surface area contributed by atoms with Gasteiger partial charge in [0, 0.05) is 12.5 Å². The van der Waals surface area contributed by atoms with Crippen molar-refractivity contribution >= 4 is 11.0 Å². The highest BCUT2D eigenvalue weighted by molar-refractivity contribution is 5.75. The van der Waals surface area contributed by atoms with Crippen LogP contribution in [0.5, 0.6) is 0 Å². The Morgan fingerprint density at radius 2 is 2.00 bits per heavy atom. The van der Waals surface area contributed by atoms with Crippen molar-refractivity contribution in [3.05, 3.63) is 29.6 Å². The highest BCUT2D eigenvalue weighted by atomic mass is 19.1. The summed E-state index contributed by atoms with van der Waals surface area (Å²) in [6.07, 6.45) is 5.33. The number of rotatable bonds is 5. The lowest BCUT2D eigenvalue weighted by Crippen LogP contribution is -1.88. The van der Waals surface area contributed by atoms with E-state index >= 15 is 0 Å². The van der Waals surface area contributed by atoms with Crippen molar-refractivity contribution in [1.29, 1.82) is 0 Å². The van der Waals surface area contributed by atoms with Crippen molar-refractivity contribution in [2.45, 2.75) is 39.0 Å². The standard InChI is InChI=1S/C13H16F2N2/c1-2-3-4-5-6-12-16-11-8-9(14)7-10(15)13(11)17-12/h7-8H,2-6H2,1H3,(H,16,17). The number of nitrogens with one attached hydrogen (secondary N) is 1. The highest BCUT2D eigenvalue weighted by Gasteiger charge is 2.09. The molecule has 17 heavy (non-hydrogen) atoms. The Labute approximate surface area is 99.1 Å². The van der Waals surface area contributed by atoms with E-state index in [1.165, 1.54) is 18.9 Å². The molecule has 0 atom stereocenters. The van der Waals surface area contributed by atoms with E-state index in [2.05, 4.69) is 16.9 Å². The van der Waals surface area contributed by atoms with Crippen LogP contribution in [-0.2, 0) is 6.42 Å². The molecule has 1 aromatic heterocycles. The zero-order chi connectivity index (χ0) is 12.3. The summed E-state index contributed by atoms with van der Waals surface area (Å²) in [5.74, 6) is -0.437. The third kappa shape index (κ3) is 2.81. The third-order valence-electron chi connectivity index (χ3n) is 2.82. The van der Waals surface area contributed by atoms with Gasteiger partial charge in [-0.2, -0.15) is 0 Å². The van der Waals surface area contributed by atoms with Gasteiger partial charge in [-0.25, -0.2) is 13.8 Å². The van der Waals surface area contributed by atoms with Gasteiger partial charge in [0.1, 0.15) is 17.2 Å². The maximum absolute atomic E-state index is 13.4. The number of aromatic nitrogens is 2. The Kier molecular flexibility index (Phi) is 3.71. The van der Waals surface area contributed by atoms with Crippen LogP contribution in [0.3, 0.4) is 0 Å². The molecule has 0 aliphatic heterocycles. The Morgan fingerprint density at radius 1 is 1.18 bits per heavy atom. The summed E-state index contributed by atoms with van der Waals surface area (Å²) in [4.78, 5) is 7.12. The molecule has 0 bridgehead atoms. The number of hydrogen-bond donors (Lipinski definition) is 1. The summed E-state index contributed by atoms with van der Waals surface area (Å²) in [5, 5.41) is 0. The first kappa shape index (κ1) is 12.0. The molecule has 0 saturated heterocycles. The van der Waals surface area contributed by atoms with Gasteiger partial charge in [0.05, 0.1) is 5.52 Å². The van der Waals surface area contributed by atoms with Crippen LogP contribution in [-0.4, -0.2) is 9.97 Å². The number of hydrogen-bond acceptors (Lipinski definition) is 1. The molecule has 2 rings (SSSR count). The minimum atomic E-state index is -0.601. The second kappa shape index (κ2) is 5.25. The number of aryl methyl sites for hydroxylation is 1. The van der Waals surface area contributed by atoms with E-state index in [0.29, 0.717) is 5.52 Å². The van der Waals surface area contributed by atoms with Crippen molar-refractivity contribution < 1.29 is 8.78 Å². The van der Waals surface area contributed by atoms with Gasteiger partial charge in [0.2, 0.25) is 0 Å². The maximum Gasteiger partial charge on any atom is 0.153 e. The van der Waals surface area contributed by atoms with Crippen LogP contribution in [0.1, 0.15) is 38.4 Å². The number of aromatic amines is 1. The molecule has 0 aliphatic carbocycles. The average molecular weight is 238 g/mol. The van der Waals surface area contributed by atoms with Gasteiger partial charge in [0.25, 0.3) is 0 Å². The number of fused-ring (bicyclic) bond motifs is 1. The number of benzene rings is 1. The van der Waals surface area contributed by atoms with E-state index in [1.807, 2.05) is 0 Å². The van der Waals surface area contributed by atoms with Gasteiger partial charge in [-0.1, -0.05) is 26.2 Å². The summed E-state index contributed by atoms with van der Waals surface area (Å²) >= 11 is 0. The second-order valence-corrected chi connectivity index (χ2v) is 4.28. The summed E-state index contributed by atoms with van der Waals surface area (Å²) in [5.41, 5.74) is 0.671. The molecule has 4 heteroatoms. The Balaban J connectivity index is 2.12. The fourth-order valence-electron chi connectivity index (χ4n) is 1.93. The molecular formula is C13H16F2N2. The smallest absolute Gasteiger partial charge is 0.153 e. The van der Waals surface area contributed by atoms with E-state index < -0.39 is 11.6 Å². The summed E-state index contributed by atoms with van der Waals surface area (Å²) in [6, 6.07) is 2.14. The van der Waals surface area contributed by atoms with E-state index in [4.69, 9.17) is 0 Å². The van der Waals surface area contributed by atoms with Crippen LogP contribution >= 0.6 is 0 Å². The molecule has 0 spiro atoms. The molecule has 0 fully saturated rings. The van der Waals surface area contributed by atoms with Gasteiger partial charge >= 0.3 is 0 Å². The molecule has 2 nitrogen and oxygen atoms in total. The Hall–Kier alpha value is -1.45. The van der Waals surface area contributed by atoms with Crippen molar-refractivity contribution in [3.63, 3.8) is 0 Å². The Bertz CT molecular complexity index is 505. The quantitative estimate of drug-likeness (QED) is 0.784. The molecule has 2 aromatic rings. The van der Waals surface area contributed by atoms with Gasteiger partial charge in [-0.05, 0) is 12.5 Å². The molecule has 1 N–H and O–H groups in total. The number of nitrogens with zero attached hydrogens (tertiary/aromatic N) is 1. The predicted octanol–water partition coefficient (Wildman–Crippen LogP) is 3.96. The highest BCUT2D eigenvalue weighted by Crippen LogP contribution is 2.18. The van der Waals surface area contributed by atoms with E-state index in [-0.39, 0.29) is 5.52 Å². The first-order chi connectivity index (χ1) is 8.20. The molecule has 1 aromatic carbocycles. The van der Waals surface area contributed by atoms with Gasteiger partial charge < -0.3 is 4.98 Å². The van der Waals surface area contributed by atoms with Gasteiger partial charge in [0.15, 0.2) is 5.82 Å². The van der Waals surface area contributed by atoms with Crippen LogP contribution in [0.2, 0.25) is 0 Å². The van der Waals surface area contributed by atoms with Crippen LogP contribution in [0.15, 0.2) is 12.1 Å². The molecule has 0 amide bonds. The minimum Gasteiger partial charge on any atom is -0.342 e. The fourth-order valence-corrected chi connectivity index (χ4v) is 1.93. The zero-order valence-electron chi connectivity index (χ0n) is 9.89. The first-order valence-corrected chi connectivity index (χ1v) is 6.04. The second-order valence-electron chi connectivity index (χ2n) is 4.28. The van der Waals surface area contributed by atoms with Crippen LogP contribution in [0, 0.1) is 11.6 Å². The van der Waals surface area contributed by atoms with Gasteiger partial charge in [-0.15, -0.1) is 0 Å². The van der Waals surface area contributed by atoms with Crippen molar-refractivity contribution in [1.82, 2.24) is 9.97 Å². The first-order valence-electron chi connectivity index (χ1n) is 6.04. The molecule has 0 aliphatic rings. The fraction of sp³-hybridized carbons (Fsp3) is 0.462. The maximum atomic E-state index is 13.4. The summed E-state index contributed by atoms with van der Waals surface area (Å²) in [7, 11) is 0. The van der Waals surface area contributed by atoms with Crippen LogP contribution in [0.4, 0.5) is 8.78 Å². The third-order valence-corrected chi connectivity index (χ3v) is 2.82. The largest absolute Gasteiger partial charge is 0.342 e. The topological polar surface area (TPSA) is 28.7 Å². The minimum absolute atomic E-state index is 0.233. The van der Waals surface area contributed by atoms with E-state index in [1.54, 1.807) is 0 Å². The van der Waals surface area contributed by atoms with Crippen LogP contribution in [0.25, 0.3) is 11.0 Å². The molecule has 0 unspecified atom stereocenters. The predicted molar refractivity (Wildman–Crippen MR) is 63.9 cm³/mol. The Morgan fingerprint density at radius 3 is 2.76 bits per heavy atom. The monoisotopic (exact) mass is 238 g/mol. The van der Waals surface area contributed by atoms with Crippen LogP contribution < -0.4 is 0 Å². The van der Waals surface area contributed by atoms with E-state index in [9.17, 15) is 8.78 Å². The summed E-state index contributed by atoms with van der Waals surface area (Å²) < 4.78 is 26.4. The normalized spacial score (nSPS) is 11.2. The lowest BCUT2D eigenvalue weighted by Gasteiger charge is -1.95. The lowest BCUT2D eigenvalue weighted by atomic mass is 10.1. The molecule has 1 heterocycles. The number of H-pyrrole nitrogens is 1. The number of unbranched alkanes of at least 4 members (excludes halogenated alkanes) is 3. The van der Waals surface area contributed by atoms with E-state index in [0.717, 1.165) is 31.2 Å². The number of halogens is 2. The summed E-state index contributed by atoms with van der Waals surface area (Å²) in [6.45, 7) is 2.15. The molecule has 0 radical (unpaired) electrons. The average Bonchev–Trinajstić information content (AvgIpc) is 2.67. The zero-order valence-corrected chi connectivity index (χ0v) is 9.89. The SMILES string of the molecule is CCCCCCc1nc2c(F)cc(F)cc2[nH]1. The van der Waals surface area contributed by atoms with Crippen molar-refractivity contribution in [2.75, 3.05) is 0 Å².